The second-order valence-corrected chi connectivity index (χ2v) is 5.22. The zero-order valence-corrected chi connectivity index (χ0v) is 13.5. The van der Waals surface area contributed by atoms with Crippen molar-refractivity contribution < 1.29 is 9.53 Å². The van der Waals surface area contributed by atoms with E-state index in [0.29, 0.717) is 22.9 Å². The summed E-state index contributed by atoms with van der Waals surface area (Å²) in [7, 11) is 1.60. The summed E-state index contributed by atoms with van der Waals surface area (Å²) in [6.45, 7) is 5.80. The SMILES string of the molecule is CCc1c(OC)nc2nc(C=C(C)C=O)c(Br)n2c1C. The number of ether oxygens (including phenoxy) is 1. The number of methoxy groups -OCH3 is 1. The third-order valence-corrected chi connectivity index (χ3v) is 3.92. The zero-order valence-electron chi connectivity index (χ0n) is 11.9. The molecule has 0 N–H and O–H groups in total. The lowest BCUT2D eigenvalue weighted by Crippen LogP contribution is -2.04. The summed E-state index contributed by atoms with van der Waals surface area (Å²) < 4.78 is 8.04. The number of halogens is 1. The summed E-state index contributed by atoms with van der Waals surface area (Å²) >= 11 is 3.53. The second-order valence-electron chi connectivity index (χ2n) is 4.47. The fraction of sp³-hybridized carbons (Fsp3) is 0.357. The lowest BCUT2D eigenvalue weighted by molar-refractivity contribution is -0.104. The van der Waals surface area contributed by atoms with Crippen LogP contribution in [0.1, 0.15) is 30.8 Å². The lowest BCUT2D eigenvalue weighted by atomic mass is 10.2. The Labute approximate surface area is 125 Å². The average Bonchev–Trinajstić information content (AvgIpc) is 2.75. The highest BCUT2D eigenvalue weighted by Gasteiger charge is 2.17. The fourth-order valence-corrected chi connectivity index (χ4v) is 2.77. The maximum Gasteiger partial charge on any atom is 0.238 e. The average molecular weight is 338 g/mol. The Balaban J connectivity index is 2.78. The summed E-state index contributed by atoms with van der Waals surface area (Å²) in [5, 5.41) is 0. The molecule has 5 nitrogen and oxygen atoms in total. The van der Waals surface area contributed by atoms with E-state index in [1.165, 1.54) is 0 Å². The molecular weight excluding hydrogens is 322 g/mol. The Kier molecular flexibility index (Phi) is 4.23. The van der Waals surface area contributed by atoms with E-state index in [4.69, 9.17) is 4.74 Å². The lowest BCUT2D eigenvalue weighted by Gasteiger charge is -2.11. The highest BCUT2D eigenvalue weighted by molar-refractivity contribution is 9.10. The highest BCUT2D eigenvalue weighted by atomic mass is 79.9. The molecule has 20 heavy (non-hydrogen) atoms. The van der Waals surface area contributed by atoms with Crippen LogP contribution in [-0.4, -0.2) is 27.8 Å². The highest BCUT2D eigenvalue weighted by Crippen LogP contribution is 2.27. The van der Waals surface area contributed by atoms with E-state index in [2.05, 4.69) is 32.8 Å². The van der Waals surface area contributed by atoms with E-state index in [0.717, 1.165) is 28.6 Å². The number of rotatable bonds is 4. The van der Waals surface area contributed by atoms with Gasteiger partial charge in [0.2, 0.25) is 11.7 Å². The molecule has 106 valence electrons. The maximum atomic E-state index is 10.7. The van der Waals surface area contributed by atoms with Crippen molar-refractivity contribution in [3.63, 3.8) is 0 Å². The van der Waals surface area contributed by atoms with Gasteiger partial charge in [-0.05, 0) is 47.8 Å². The molecule has 0 spiro atoms. The molecule has 0 bridgehead atoms. The number of imidazole rings is 1. The van der Waals surface area contributed by atoms with Crippen molar-refractivity contribution in [1.82, 2.24) is 14.4 Å². The van der Waals surface area contributed by atoms with Crippen LogP contribution in [-0.2, 0) is 11.2 Å². The number of carbonyl (C=O) groups is 1. The first kappa shape index (κ1) is 14.7. The smallest absolute Gasteiger partial charge is 0.238 e. The van der Waals surface area contributed by atoms with E-state index in [1.807, 2.05) is 11.3 Å². The van der Waals surface area contributed by atoms with Crippen molar-refractivity contribution in [2.75, 3.05) is 7.11 Å². The Morgan fingerprint density at radius 2 is 2.15 bits per heavy atom. The van der Waals surface area contributed by atoms with Crippen molar-refractivity contribution in [2.24, 2.45) is 0 Å². The summed E-state index contributed by atoms with van der Waals surface area (Å²) in [4.78, 5) is 19.6. The molecule has 2 rings (SSSR count). The molecule has 0 radical (unpaired) electrons. The Bertz CT molecular complexity index is 704. The molecular formula is C14H16BrN3O2. The largest absolute Gasteiger partial charge is 0.481 e. The maximum absolute atomic E-state index is 10.7. The summed E-state index contributed by atoms with van der Waals surface area (Å²) in [5.41, 5.74) is 3.35. The van der Waals surface area contributed by atoms with Gasteiger partial charge in [0.05, 0.1) is 12.8 Å². The van der Waals surface area contributed by atoms with Crippen molar-refractivity contribution in [3.05, 3.63) is 27.1 Å². The minimum atomic E-state index is 0.549. The molecule has 0 atom stereocenters. The van der Waals surface area contributed by atoms with E-state index >= 15 is 0 Å². The molecule has 0 saturated heterocycles. The number of aromatic nitrogens is 3. The van der Waals surface area contributed by atoms with Crippen LogP contribution in [0.25, 0.3) is 11.9 Å². The van der Waals surface area contributed by atoms with Crippen molar-refractivity contribution in [1.29, 1.82) is 0 Å². The van der Waals surface area contributed by atoms with E-state index in [9.17, 15) is 4.79 Å². The molecule has 2 aromatic heterocycles. The number of hydrogen-bond donors (Lipinski definition) is 0. The second kappa shape index (κ2) is 5.75. The molecule has 0 aliphatic rings. The number of carbonyl (C=O) groups excluding carboxylic acids is 1. The zero-order chi connectivity index (χ0) is 14.9. The number of aldehydes is 1. The standard InChI is InChI=1S/C14H16BrN3O2/c1-5-10-9(3)18-12(15)11(6-8(2)7-19)16-14(18)17-13(10)20-4/h6-7H,5H2,1-4H3. The molecule has 6 heteroatoms. The molecule has 0 fully saturated rings. The number of hydrogen-bond acceptors (Lipinski definition) is 4. The predicted molar refractivity (Wildman–Crippen MR) is 81.1 cm³/mol. The summed E-state index contributed by atoms with van der Waals surface area (Å²) in [6.07, 6.45) is 3.35. The van der Waals surface area contributed by atoms with E-state index in [-0.39, 0.29) is 0 Å². The third-order valence-electron chi connectivity index (χ3n) is 3.16. The normalized spacial score (nSPS) is 11.9. The quantitative estimate of drug-likeness (QED) is 0.635. The minimum Gasteiger partial charge on any atom is -0.481 e. The summed E-state index contributed by atoms with van der Waals surface area (Å²) in [6, 6.07) is 0. The third kappa shape index (κ3) is 2.35. The number of aryl methyl sites for hydroxylation is 1. The van der Waals surface area contributed by atoms with Crippen LogP contribution >= 0.6 is 15.9 Å². The van der Waals surface area contributed by atoms with Crippen LogP contribution in [0.4, 0.5) is 0 Å². The van der Waals surface area contributed by atoms with Crippen LogP contribution in [0, 0.1) is 6.92 Å². The molecule has 2 heterocycles. The topological polar surface area (TPSA) is 56.5 Å². The van der Waals surface area contributed by atoms with Crippen molar-refractivity contribution >= 4 is 34.1 Å². The number of nitrogens with zero attached hydrogens (tertiary/aromatic N) is 3. The van der Waals surface area contributed by atoms with Gasteiger partial charge in [-0.1, -0.05) is 6.92 Å². The molecule has 0 unspecified atom stereocenters. The van der Waals surface area contributed by atoms with Gasteiger partial charge in [-0.2, -0.15) is 4.98 Å². The fourth-order valence-electron chi connectivity index (χ4n) is 2.14. The number of allylic oxidation sites excluding steroid dienone is 1. The van der Waals surface area contributed by atoms with Crippen LogP contribution in [0.15, 0.2) is 10.2 Å². The first-order chi connectivity index (χ1) is 9.53. The van der Waals surface area contributed by atoms with Gasteiger partial charge in [0.1, 0.15) is 10.9 Å². The monoisotopic (exact) mass is 337 g/mol. The van der Waals surface area contributed by atoms with E-state index in [1.54, 1.807) is 20.1 Å². The van der Waals surface area contributed by atoms with Gasteiger partial charge in [0.15, 0.2) is 0 Å². The predicted octanol–water partition coefficient (Wildman–Crippen LogP) is 2.97. The van der Waals surface area contributed by atoms with Gasteiger partial charge in [0.25, 0.3) is 0 Å². The van der Waals surface area contributed by atoms with Gasteiger partial charge >= 0.3 is 0 Å². The molecule has 0 aromatic carbocycles. The summed E-state index contributed by atoms with van der Waals surface area (Å²) in [5.74, 6) is 1.14. The molecule has 0 aliphatic heterocycles. The van der Waals surface area contributed by atoms with Crippen LogP contribution < -0.4 is 4.74 Å². The van der Waals surface area contributed by atoms with Gasteiger partial charge in [-0.3, -0.25) is 9.20 Å². The Hall–Kier alpha value is -1.69. The molecule has 0 amide bonds. The van der Waals surface area contributed by atoms with Gasteiger partial charge in [-0.15, -0.1) is 0 Å². The Morgan fingerprint density at radius 3 is 2.70 bits per heavy atom. The molecule has 0 saturated carbocycles. The van der Waals surface area contributed by atoms with Crippen molar-refractivity contribution in [3.8, 4) is 5.88 Å². The van der Waals surface area contributed by atoms with Gasteiger partial charge in [0, 0.05) is 11.3 Å². The van der Waals surface area contributed by atoms with Gasteiger partial charge < -0.3 is 4.74 Å². The van der Waals surface area contributed by atoms with E-state index < -0.39 is 0 Å². The first-order valence-electron chi connectivity index (χ1n) is 6.28. The first-order valence-corrected chi connectivity index (χ1v) is 7.07. The van der Waals surface area contributed by atoms with Crippen LogP contribution in [0.5, 0.6) is 5.88 Å². The number of fused-ring (bicyclic) bond motifs is 1. The van der Waals surface area contributed by atoms with Crippen LogP contribution in [0.3, 0.4) is 0 Å². The Morgan fingerprint density at radius 1 is 1.45 bits per heavy atom. The van der Waals surface area contributed by atoms with Crippen LogP contribution in [0.2, 0.25) is 0 Å². The van der Waals surface area contributed by atoms with Crippen molar-refractivity contribution in [2.45, 2.75) is 27.2 Å². The van der Waals surface area contributed by atoms with Gasteiger partial charge in [-0.25, -0.2) is 4.98 Å². The minimum absolute atomic E-state index is 0.549. The molecule has 0 aliphatic carbocycles. The molecule has 2 aromatic rings.